The van der Waals surface area contributed by atoms with E-state index in [9.17, 15) is 4.79 Å². The zero-order valence-corrected chi connectivity index (χ0v) is 10.3. The van der Waals surface area contributed by atoms with Crippen LogP contribution in [0.4, 0.5) is 0 Å². The molecule has 2 bridgehead atoms. The molecule has 2 rings (SSSR count). The van der Waals surface area contributed by atoms with Crippen LogP contribution >= 0.6 is 0 Å². The fourth-order valence-corrected chi connectivity index (χ4v) is 3.22. The Morgan fingerprint density at radius 1 is 1.25 bits per heavy atom. The molecule has 3 nitrogen and oxygen atoms in total. The van der Waals surface area contributed by atoms with Gasteiger partial charge in [-0.1, -0.05) is 13.3 Å². The summed E-state index contributed by atoms with van der Waals surface area (Å²) in [6, 6.07) is 0.706. The van der Waals surface area contributed by atoms with E-state index < -0.39 is 0 Å². The molecule has 0 aromatic rings. The Labute approximate surface area is 98.4 Å². The topological polar surface area (TPSA) is 41.1 Å². The highest BCUT2D eigenvalue weighted by atomic mass is 16.1. The van der Waals surface area contributed by atoms with Gasteiger partial charge in [0.1, 0.15) is 0 Å². The van der Waals surface area contributed by atoms with Crippen molar-refractivity contribution >= 4 is 5.91 Å². The maximum Gasteiger partial charge on any atom is 0.221 e. The molecule has 3 atom stereocenters. The van der Waals surface area contributed by atoms with Gasteiger partial charge in [0.2, 0.25) is 5.91 Å². The average Bonchev–Trinajstić information content (AvgIpc) is 2.88. The van der Waals surface area contributed by atoms with Gasteiger partial charge in [-0.25, -0.2) is 0 Å². The Morgan fingerprint density at radius 2 is 2.12 bits per heavy atom. The van der Waals surface area contributed by atoms with Gasteiger partial charge in [-0.3, -0.25) is 4.79 Å². The molecular weight excluding hydrogens is 200 g/mol. The first kappa shape index (κ1) is 11.9. The van der Waals surface area contributed by atoms with Gasteiger partial charge in [-0.15, -0.1) is 0 Å². The standard InChI is InChI=1S/C13H24N2O/c1-2-6-15-13(16)5-7-14-12-9-10-3-4-11(12)8-10/h10-12,14H,2-9H2,1H3,(H,15,16). The van der Waals surface area contributed by atoms with Crippen molar-refractivity contribution in [2.45, 2.75) is 51.5 Å². The Balaban J connectivity index is 1.56. The summed E-state index contributed by atoms with van der Waals surface area (Å²) >= 11 is 0. The Bertz CT molecular complexity index is 242. The fourth-order valence-electron chi connectivity index (χ4n) is 3.22. The number of hydrogen-bond donors (Lipinski definition) is 2. The minimum atomic E-state index is 0.192. The average molecular weight is 224 g/mol. The fraction of sp³-hybridized carbons (Fsp3) is 0.923. The Morgan fingerprint density at radius 3 is 2.75 bits per heavy atom. The van der Waals surface area contributed by atoms with E-state index in [-0.39, 0.29) is 5.91 Å². The van der Waals surface area contributed by atoms with Crippen molar-refractivity contribution in [3.05, 3.63) is 0 Å². The molecule has 16 heavy (non-hydrogen) atoms. The summed E-state index contributed by atoms with van der Waals surface area (Å²) in [5.41, 5.74) is 0. The normalized spacial score (nSPS) is 31.9. The van der Waals surface area contributed by atoms with Gasteiger partial charge in [-0.2, -0.15) is 0 Å². The van der Waals surface area contributed by atoms with Crippen LogP contribution in [0.1, 0.15) is 45.4 Å². The summed E-state index contributed by atoms with van der Waals surface area (Å²) in [5.74, 6) is 2.08. The highest BCUT2D eigenvalue weighted by molar-refractivity contribution is 5.75. The largest absolute Gasteiger partial charge is 0.356 e. The van der Waals surface area contributed by atoms with Crippen molar-refractivity contribution in [3.8, 4) is 0 Å². The lowest BCUT2D eigenvalue weighted by Gasteiger charge is -2.22. The molecule has 0 spiro atoms. The number of hydrogen-bond acceptors (Lipinski definition) is 2. The van der Waals surface area contributed by atoms with Crippen LogP contribution in [0.3, 0.4) is 0 Å². The SMILES string of the molecule is CCCNC(=O)CCNC1CC2CCC1C2. The molecule has 2 fully saturated rings. The third kappa shape index (κ3) is 2.97. The summed E-state index contributed by atoms with van der Waals surface area (Å²) in [6.07, 6.45) is 7.28. The molecule has 2 aliphatic rings. The maximum absolute atomic E-state index is 11.4. The van der Waals surface area contributed by atoms with Gasteiger partial charge in [-0.05, 0) is 37.5 Å². The Kier molecular flexibility index (Phi) is 4.22. The summed E-state index contributed by atoms with van der Waals surface area (Å²) in [4.78, 5) is 11.4. The van der Waals surface area contributed by atoms with Crippen LogP contribution < -0.4 is 10.6 Å². The van der Waals surface area contributed by atoms with Crippen molar-refractivity contribution in [2.24, 2.45) is 11.8 Å². The predicted molar refractivity (Wildman–Crippen MR) is 65.2 cm³/mol. The minimum absolute atomic E-state index is 0.192. The molecule has 2 saturated carbocycles. The van der Waals surface area contributed by atoms with Crippen LogP contribution in [0.25, 0.3) is 0 Å². The zero-order chi connectivity index (χ0) is 11.4. The molecule has 2 N–H and O–H groups in total. The molecule has 0 heterocycles. The minimum Gasteiger partial charge on any atom is -0.356 e. The van der Waals surface area contributed by atoms with Crippen LogP contribution in [0, 0.1) is 11.8 Å². The maximum atomic E-state index is 11.4. The zero-order valence-electron chi connectivity index (χ0n) is 10.3. The predicted octanol–water partition coefficient (Wildman–Crippen LogP) is 1.68. The van der Waals surface area contributed by atoms with Crippen LogP contribution in [0.2, 0.25) is 0 Å². The molecule has 3 unspecified atom stereocenters. The first-order chi connectivity index (χ1) is 7.79. The lowest BCUT2D eigenvalue weighted by atomic mass is 9.95. The van der Waals surface area contributed by atoms with E-state index >= 15 is 0 Å². The van der Waals surface area contributed by atoms with Crippen LogP contribution in [-0.2, 0) is 4.79 Å². The van der Waals surface area contributed by atoms with E-state index in [2.05, 4.69) is 17.6 Å². The third-order valence-corrected chi connectivity index (χ3v) is 4.07. The van der Waals surface area contributed by atoms with Gasteiger partial charge < -0.3 is 10.6 Å². The van der Waals surface area contributed by atoms with Crippen molar-refractivity contribution in [3.63, 3.8) is 0 Å². The van der Waals surface area contributed by atoms with Crippen molar-refractivity contribution in [1.29, 1.82) is 0 Å². The summed E-state index contributed by atoms with van der Waals surface area (Å²) in [5, 5.41) is 6.47. The van der Waals surface area contributed by atoms with Gasteiger partial charge in [0.15, 0.2) is 0 Å². The van der Waals surface area contributed by atoms with Gasteiger partial charge >= 0.3 is 0 Å². The second kappa shape index (κ2) is 5.67. The van der Waals surface area contributed by atoms with Crippen LogP contribution in [-0.4, -0.2) is 25.0 Å². The number of carbonyl (C=O) groups excluding carboxylic acids is 1. The van der Waals surface area contributed by atoms with Crippen LogP contribution in [0.15, 0.2) is 0 Å². The Hall–Kier alpha value is -0.570. The lowest BCUT2D eigenvalue weighted by molar-refractivity contribution is -0.121. The smallest absolute Gasteiger partial charge is 0.221 e. The van der Waals surface area contributed by atoms with E-state index in [1.54, 1.807) is 0 Å². The molecule has 0 aliphatic heterocycles. The van der Waals surface area contributed by atoms with Crippen LogP contribution in [0.5, 0.6) is 0 Å². The van der Waals surface area contributed by atoms with E-state index in [1.165, 1.54) is 25.7 Å². The molecule has 3 heteroatoms. The number of fused-ring (bicyclic) bond motifs is 2. The summed E-state index contributed by atoms with van der Waals surface area (Å²) < 4.78 is 0. The van der Waals surface area contributed by atoms with Crippen molar-refractivity contribution in [1.82, 2.24) is 10.6 Å². The molecule has 0 radical (unpaired) electrons. The highest BCUT2D eigenvalue weighted by Crippen LogP contribution is 2.44. The summed E-state index contributed by atoms with van der Waals surface area (Å²) in [7, 11) is 0. The van der Waals surface area contributed by atoms with E-state index in [1.807, 2.05) is 0 Å². The third-order valence-electron chi connectivity index (χ3n) is 4.07. The first-order valence-corrected chi connectivity index (χ1v) is 6.79. The molecular formula is C13H24N2O. The van der Waals surface area contributed by atoms with E-state index in [0.717, 1.165) is 31.3 Å². The number of amides is 1. The lowest BCUT2D eigenvalue weighted by Crippen LogP contribution is -2.36. The second-order valence-corrected chi connectivity index (χ2v) is 5.34. The van der Waals surface area contributed by atoms with Crippen molar-refractivity contribution in [2.75, 3.05) is 13.1 Å². The first-order valence-electron chi connectivity index (χ1n) is 6.79. The van der Waals surface area contributed by atoms with E-state index in [0.29, 0.717) is 12.5 Å². The summed E-state index contributed by atoms with van der Waals surface area (Å²) in [6.45, 7) is 3.74. The molecule has 0 saturated heterocycles. The monoisotopic (exact) mass is 224 g/mol. The number of rotatable bonds is 6. The van der Waals surface area contributed by atoms with Crippen molar-refractivity contribution < 1.29 is 4.79 Å². The molecule has 0 aromatic carbocycles. The second-order valence-electron chi connectivity index (χ2n) is 5.34. The molecule has 0 aromatic heterocycles. The van der Waals surface area contributed by atoms with E-state index in [4.69, 9.17) is 0 Å². The van der Waals surface area contributed by atoms with Gasteiger partial charge in [0.25, 0.3) is 0 Å². The number of carbonyl (C=O) groups is 1. The number of nitrogens with one attached hydrogen (secondary N) is 2. The highest BCUT2D eigenvalue weighted by Gasteiger charge is 2.38. The van der Waals surface area contributed by atoms with Gasteiger partial charge in [0, 0.05) is 25.6 Å². The quantitative estimate of drug-likeness (QED) is 0.721. The molecule has 2 aliphatic carbocycles. The van der Waals surface area contributed by atoms with Gasteiger partial charge in [0.05, 0.1) is 0 Å². The molecule has 92 valence electrons. The molecule has 1 amide bonds.